The van der Waals surface area contributed by atoms with Crippen molar-refractivity contribution in [3.05, 3.63) is 59.7 Å². The maximum atomic E-state index is 11.5. The number of phenols is 2. The van der Waals surface area contributed by atoms with Crippen LogP contribution >= 0.6 is 47.2 Å². The first kappa shape index (κ1) is 48.2. The first-order valence-corrected chi connectivity index (χ1v) is 13.2. The summed E-state index contributed by atoms with van der Waals surface area (Å²) in [5.74, 6) is 0.256. The Morgan fingerprint density at radius 1 is 0.977 bits per heavy atom. The number of rotatable bonds is 11. The van der Waals surface area contributed by atoms with E-state index in [1.54, 1.807) is 43.3 Å². The van der Waals surface area contributed by atoms with Crippen LogP contribution in [0, 0.1) is 0 Å². The third-order valence-corrected chi connectivity index (χ3v) is 4.84. The summed E-state index contributed by atoms with van der Waals surface area (Å²) >= 11 is 14.8. The molecule has 0 saturated heterocycles. The number of ether oxygens (including phenoxy) is 2. The topological polar surface area (TPSA) is 198 Å². The zero-order chi connectivity index (χ0) is 31.6. The Morgan fingerprint density at radius 3 is 1.77 bits per heavy atom. The normalized spacial score (nSPS) is 10.4. The molecule has 2 aromatic carbocycles. The molecule has 1 amide bonds. The van der Waals surface area contributed by atoms with Crippen LogP contribution in [-0.2, 0) is 19.2 Å². The molecule has 43 heavy (non-hydrogen) atoms. The Balaban J connectivity index is -0.000000266. The van der Waals surface area contributed by atoms with Crippen LogP contribution in [0.4, 0.5) is 9.59 Å². The molecule has 13 nitrogen and oxygen atoms in total. The summed E-state index contributed by atoms with van der Waals surface area (Å²) in [4.78, 5) is 33.5. The number of aliphatic hydroxyl groups excluding tert-OH is 2. The number of hydrogen-bond acceptors (Lipinski definition) is 12. The SMILES string of the molecule is CCN(CC(O)c1cccc(O)c1)C(=O)OCCl.CCNCC(O)c1cccc(O)c1.Cl.O=C(Cl)OCCl.O=CO[O-].[Na+]. The molecule has 0 aliphatic rings. The van der Waals surface area contributed by atoms with Crippen LogP contribution in [0.25, 0.3) is 0 Å². The van der Waals surface area contributed by atoms with Crippen LogP contribution in [0.5, 0.6) is 11.5 Å². The van der Waals surface area contributed by atoms with Crippen molar-refractivity contribution in [1.82, 2.24) is 10.2 Å². The average Bonchev–Trinajstić information content (AvgIpc) is 2.95. The number of aromatic hydroxyl groups is 2. The van der Waals surface area contributed by atoms with E-state index in [9.17, 15) is 24.9 Å². The van der Waals surface area contributed by atoms with Crippen molar-refractivity contribution in [2.45, 2.75) is 26.1 Å². The van der Waals surface area contributed by atoms with Crippen LogP contribution < -0.4 is 40.1 Å². The largest absolute Gasteiger partial charge is 1.00 e. The minimum atomic E-state index is -0.889. The maximum absolute atomic E-state index is 11.5. The molecule has 0 spiro atoms. The summed E-state index contributed by atoms with van der Waals surface area (Å²) in [5.41, 5.74) is 0.401. The van der Waals surface area contributed by atoms with Gasteiger partial charge in [-0.25, -0.2) is 9.59 Å². The molecule has 0 radical (unpaired) electrons. The van der Waals surface area contributed by atoms with E-state index in [0.717, 1.165) is 12.1 Å². The molecule has 0 saturated carbocycles. The molecule has 240 valence electrons. The second-order valence-corrected chi connectivity index (χ2v) is 8.02. The number of carbonyl (C=O) groups excluding carboxylic acids is 3. The van der Waals surface area contributed by atoms with Gasteiger partial charge >= 0.3 is 41.1 Å². The van der Waals surface area contributed by atoms with Gasteiger partial charge in [0, 0.05) is 24.7 Å². The number of benzene rings is 2. The van der Waals surface area contributed by atoms with E-state index in [1.165, 1.54) is 17.0 Å². The molecule has 2 aromatic rings. The fourth-order valence-corrected chi connectivity index (χ4v) is 2.99. The molecule has 0 fully saturated rings. The standard InChI is InChI=1S/C12H16ClNO4.C10H15NO2.C2H2Cl2O2.CH2O3.ClH.Na/c1-2-14(12(17)18-8-13)7-11(16)9-4-3-5-10(15)6-9;1-2-11-7-10(13)8-4-3-5-9(12)6-8;3-1-6-2(4)5;2-1-4-3;;/h3-6,11,15-16H,2,7-8H2,1H3;3-6,10-13H,2,7H2,1H3;1H2;1,3H;1H;/q;;;;;+1/p-1. The van der Waals surface area contributed by atoms with Gasteiger partial charge < -0.3 is 50.3 Å². The van der Waals surface area contributed by atoms with Crippen LogP contribution in [0.15, 0.2) is 48.5 Å². The molecule has 2 unspecified atom stereocenters. The Morgan fingerprint density at radius 2 is 1.44 bits per heavy atom. The number of phenolic OH excluding ortho intramolecular Hbond substituents is 2. The Kier molecular flexibility index (Phi) is 35.5. The van der Waals surface area contributed by atoms with E-state index in [4.69, 9.17) is 38.4 Å². The van der Waals surface area contributed by atoms with Crippen LogP contribution in [-0.4, -0.2) is 81.6 Å². The number of aliphatic hydroxyl groups is 2. The van der Waals surface area contributed by atoms with Crippen molar-refractivity contribution in [3.63, 3.8) is 0 Å². The Bertz CT molecular complexity index is 1000. The van der Waals surface area contributed by atoms with Gasteiger partial charge in [0.25, 0.3) is 6.47 Å². The number of hydrogen-bond donors (Lipinski definition) is 5. The Hall–Kier alpha value is -1.75. The predicted molar refractivity (Wildman–Crippen MR) is 157 cm³/mol. The second kappa shape index (κ2) is 31.7. The predicted octanol–water partition coefficient (Wildman–Crippen LogP) is 0.534. The number of amides is 1. The molecule has 5 N–H and O–H groups in total. The first-order chi connectivity index (χ1) is 19.5. The van der Waals surface area contributed by atoms with E-state index in [-0.39, 0.29) is 78.6 Å². The number of halogens is 4. The van der Waals surface area contributed by atoms with E-state index < -0.39 is 23.7 Å². The van der Waals surface area contributed by atoms with Crippen LogP contribution in [0.1, 0.15) is 37.2 Å². The summed E-state index contributed by atoms with van der Waals surface area (Å²) in [6.45, 7) is 5.39. The fraction of sp³-hybridized carbons (Fsp3) is 0.400. The summed E-state index contributed by atoms with van der Waals surface area (Å²) in [7, 11) is 0. The van der Waals surface area contributed by atoms with Gasteiger partial charge in [0.2, 0.25) is 0 Å². The number of alkyl halides is 2. The molecular formula is C25H35Cl4N2NaO11. The van der Waals surface area contributed by atoms with Gasteiger partial charge in [-0.1, -0.05) is 54.4 Å². The monoisotopic (exact) mass is 702 g/mol. The van der Waals surface area contributed by atoms with E-state index in [1.807, 2.05) is 6.92 Å². The third kappa shape index (κ3) is 26.4. The quantitative estimate of drug-likeness (QED) is 0.0545. The number of nitrogens with zero attached hydrogens (tertiary/aromatic N) is 1. The summed E-state index contributed by atoms with van der Waals surface area (Å²) in [6, 6.07) is 12.5. The number of likely N-dealkylation sites (N-methyl/N-ethyl adjacent to an activating group) is 2. The van der Waals surface area contributed by atoms with Crippen molar-refractivity contribution in [1.29, 1.82) is 0 Å². The molecule has 0 aromatic heterocycles. The molecule has 0 heterocycles. The molecule has 18 heteroatoms. The van der Waals surface area contributed by atoms with Gasteiger partial charge in [0.15, 0.2) is 12.1 Å². The number of nitrogens with one attached hydrogen (secondary N) is 1. The summed E-state index contributed by atoms with van der Waals surface area (Å²) in [6.07, 6.45) is -2.02. The van der Waals surface area contributed by atoms with Gasteiger partial charge in [-0.3, -0.25) is 4.79 Å². The van der Waals surface area contributed by atoms with Crippen molar-refractivity contribution >= 4 is 65.2 Å². The minimum Gasteiger partial charge on any atom is -0.662 e. The van der Waals surface area contributed by atoms with E-state index in [2.05, 4.69) is 31.3 Å². The van der Waals surface area contributed by atoms with Crippen LogP contribution in [0.2, 0.25) is 0 Å². The first-order valence-electron chi connectivity index (χ1n) is 11.7. The molecule has 0 aliphatic carbocycles. The van der Waals surface area contributed by atoms with Gasteiger partial charge in [0.05, 0.1) is 18.8 Å². The molecule has 0 bridgehead atoms. The van der Waals surface area contributed by atoms with Crippen molar-refractivity contribution < 1.29 is 84.0 Å². The second-order valence-electron chi connectivity index (χ2n) is 7.27. The summed E-state index contributed by atoms with van der Waals surface area (Å²) in [5, 5.41) is 49.5. The number of carbonyl (C=O) groups is 3. The molecule has 2 atom stereocenters. The van der Waals surface area contributed by atoms with Crippen molar-refractivity contribution in [3.8, 4) is 11.5 Å². The van der Waals surface area contributed by atoms with Crippen LogP contribution in [0.3, 0.4) is 0 Å². The fourth-order valence-electron chi connectivity index (χ4n) is 2.69. The average molecular weight is 704 g/mol. The van der Waals surface area contributed by atoms with Crippen molar-refractivity contribution in [2.75, 3.05) is 38.3 Å². The summed E-state index contributed by atoms with van der Waals surface area (Å²) < 4.78 is 8.58. The smallest absolute Gasteiger partial charge is 0.662 e. The molecular weight excluding hydrogens is 669 g/mol. The van der Waals surface area contributed by atoms with Gasteiger partial charge in [0.1, 0.15) is 11.5 Å². The van der Waals surface area contributed by atoms with E-state index in [0.29, 0.717) is 18.7 Å². The zero-order valence-corrected chi connectivity index (χ0v) is 28.8. The molecule has 2 rings (SSSR count). The zero-order valence-electron chi connectivity index (χ0n) is 23.7. The maximum Gasteiger partial charge on any atom is 1.00 e. The minimum absolute atomic E-state index is 0. The molecule has 0 aliphatic heterocycles. The van der Waals surface area contributed by atoms with Gasteiger partial charge in [-0.05, 0) is 48.9 Å². The third-order valence-electron chi connectivity index (χ3n) is 4.52. The van der Waals surface area contributed by atoms with Crippen molar-refractivity contribution in [2.24, 2.45) is 0 Å². The van der Waals surface area contributed by atoms with E-state index >= 15 is 0 Å². The van der Waals surface area contributed by atoms with Gasteiger partial charge in [-0.15, -0.1) is 12.4 Å². The Labute approximate surface area is 293 Å². The van der Waals surface area contributed by atoms with Gasteiger partial charge in [-0.2, -0.15) is 0 Å².